The van der Waals surface area contributed by atoms with Crippen LogP contribution in [0, 0.1) is 10.9 Å². The van der Waals surface area contributed by atoms with E-state index in [2.05, 4.69) is 0 Å². The zero-order valence-electron chi connectivity index (χ0n) is 5.77. The van der Waals surface area contributed by atoms with Gasteiger partial charge in [-0.15, -0.1) is 11.3 Å². The van der Waals surface area contributed by atoms with Crippen molar-refractivity contribution in [1.82, 2.24) is 0 Å². The second-order valence-electron chi connectivity index (χ2n) is 2.30. The minimum atomic E-state index is -0.531. The molecule has 0 atom stereocenters. The number of hydrogen-bond acceptors (Lipinski definition) is 1. The average Bonchev–Trinajstić information content (AvgIpc) is 2.29. The molecule has 1 heterocycles. The second-order valence-corrected chi connectivity index (χ2v) is 3.68. The van der Waals surface area contributed by atoms with Crippen LogP contribution in [0.5, 0.6) is 0 Å². The minimum Gasteiger partial charge on any atom is -0.206 e. The highest BCUT2D eigenvalue weighted by Crippen LogP contribution is 2.35. The van der Waals surface area contributed by atoms with E-state index in [4.69, 9.17) is 11.6 Å². The summed E-state index contributed by atoms with van der Waals surface area (Å²) in [6.45, 7) is 0. The molecule has 0 aliphatic heterocycles. The molecule has 0 saturated heterocycles. The van der Waals surface area contributed by atoms with Gasteiger partial charge in [0.1, 0.15) is 5.82 Å². The molecule has 0 amide bonds. The third-order valence-electron chi connectivity index (χ3n) is 1.57. The number of fused-ring (bicyclic) bond motifs is 1. The molecule has 0 radical (unpaired) electrons. The van der Waals surface area contributed by atoms with E-state index in [1.807, 2.05) is 0 Å². The van der Waals surface area contributed by atoms with E-state index in [9.17, 15) is 8.78 Å². The molecule has 2 aromatic rings. The Labute approximate surface area is 76.4 Å². The van der Waals surface area contributed by atoms with E-state index < -0.39 is 10.9 Å². The van der Waals surface area contributed by atoms with Crippen molar-refractivity contribution in [1.29, 1.82) is 0 Å². The maximum Gasteiger partial charge on any atom is 0.196 e. The Hall–Kier alpha value is -0.670. The molecule has 12 heavy (non-hydrogen) atoms. The molecular formula is C8H3ClF2S. The summed E-state index contributed by atoms with van der Waals surface area (Å²) in [5, 5.41) is -0.466. The maximum atomic E-state index is 13.0. The largest absolute Gasteiger partial charge is 0.206 e. The standard InChI is InChI=1S/C8H3ClF2S/c9-7-6-4(10)2-1-3-5(6)12-8(7)11/h1-3H. The summed E-state index contributed by atoms with van der Waals surface area (Å²) in [7, 11) is 0. The van der Waals surface area contributed by atoms with Gasteiger partial charge in [-0.1, -0.05) is 17.7 Å². The Kier molecular flexibility index (Phi) is 1.77. The molecule has 0 fully saturated rings. The monoisotopic (exact) mass is 204 g/mol. The number of thiophene rings is 1. The van der Waals surface area contributed by atoms with Crippen molar-refractivity contribution in [2.45, 2.75) is 0 Å². The number of halogens is 3. The van der Waals surface area contributed by atoms with Gasteiger partial charge in [0.2, 0.25) is 0 Å². The second kappa shape index (κ2) is 2.68. The zero-order valence-corrected chi connectivity index (χ0v) is 7.35. The lowest BCUT2D eigenvalue weighted by Gasteiger charge is -1.90. The van der Waals surface area contributed by atoms with Crippen LogP contribution in [0.25, 0.3) is 10.1 Å². The third-order valence-corrected chi connectivity index (χ3v) is 2.98. The van der Waals surface area contributed by atoms with Crippen LogP contribution < -0.4 is 0 Å². The van der Waals surface area contributed by atoms with Crippen molar-refractivity contribution < 1.29 is 8.78 Å². The molecular weight excluding hydrogens is 202 g/mol. The van der Waals surface area contributed by atoms with Crippen LogP contribution in [0.1, 0.15) is 0 Å². The molecule has 0 aliphatic rings. The first-order valence-electron chi connectivity index (χ1n) is 3.22. The van der Waals surface area contributed by atoms with Crippen molar-refractivity contribution in [2.24, 2.45) is 0 Å². The molecule has 1 aromatic heterocycles. The van der Waals surface area contributed by atoms with E-state index in [1.165, 1.54) is 12.1 Å². The smallest absolute Gasteiger partial charge is 0.196 e. The molecule has 0 unspecified atom stereocenters. The van der Waals surface area contributed by atoms with Crippen LogP contribution in [-0.4, -0.2) is 0 Å². The first kappa shape index (κ1) is 7.95. The summed E-state index contributed by atoms with van der Waals surface area (Å²) in [6.07, 6.45) is 0. The quantitative estimate of drug-likeness (QED) is 0.612. The summed E-state index contributed by atoms with van der Waals surface area (Å²) in [6, 6.07) is 4.43. The lowest BCUT2D eigenvalue weighted by Crippen LogP contribution is -1.73. The Morgan fingerprint density at radius 3 is 2.67 bits per heavy atom. The Bertz CT molecular complexity index is 436. The molecule has 0 saturated carbocycles. The van der Waals surface area contributed by atoms with Crippen LogP contribution in [0.4, 0.5) is 8.78 Å². The highest BCUT2D eigenvalue weighted by Gasteiger charge is 2.12. The SMILES string of the molecule is Fc1sc2cccc(F)c2c1Cl. The molecule has 0 nitrogen and oxygen atoms in total. The predicted octanol–water partition coefficient (Wildman–Crippen LogP) is 3.83. The lowest BCUT2D eigenvalue weighted by molar-refractivity contribution is 0.636. The fourth-order valence-electron chi connectivity index (χ4n) is 1.04. The summed E-state index contributed by atoms with van der Waals surface area (Å²) < 4.78 is 26.4. The van der Waals surface area contributed by atoms with E-state index in [1.54, 1.807) is 6.07 Å². The van der Waals surface area contributed by atoms with Gasteiger partial charge >= 0.3 is 0 Å². The van der Waals surface area contributed by atoms with Gasteiger partial charge in [0.05, 0.1) is 10.4 Å². The first-order valence-corrected chi connectivity index (χ1v) is 4.41. The summed E-state index contributed by atoms with van der Waals surface area (Å²) in [4.78, 5) is 0. The highest BCUT2D eigenvalue weighted by molar-refractivity contribution is 7.18. The van der Waals surface area contributed by atoms with E-state index in [0.29, 0.717) is 4.70 Å². The van der Waals surface area contributed by atoms with Gasteiger partial charge in [-0.2, -0.15) is 4.39 Å². The minimum absolute atomic E-state index is 0.117. The Morgan fingerprint density at radius 1 is 1.25 bits per heavy atom. The van der Waals surface area contributed by atoms with E-state index >= 15 is 0 Å². The van der Waals surface area contributed by atoms with Crippen molar-refractivity contribution in [3.63, 3.8) is 0 Å². The van der Waals surface area contributed by atoms with Crippen molar-refractivity contribution in [3.05, 3.63) is 34.2 Å². The molecule has 4 heteroatoms. The number of benzene rings is 1. The Morgan fingerprint density at radius 2 is 2.00 bits per heavy atom. The van der Waals surface area contributed by atoms with Crippen molar-refractivity contribution >= 4 is 33.0 Å². The zero-order chi connectivity index (χ0) is 8.72. The molecule has 0 bridgehead atoms. The van der Waals surface area contributed by atoms with E-state index in [0.717, 1.165) is 11.3 Å². The normalized spacial score (nSPS) is 10.9. The van der Waals surface area contributed by atoms with Crippen molar-refractivity contribution in [3.8, 4) is 0 Å². The van der Waals surface area contributed by atoms with Crippen LogP contribution in [0.2, 0.25) is 5.02 Å². The number of hydrogen-bond donors (Lipinski definition) is 0. The molecule has 1 aromatic carbocycles. The lowest BCUT2D eigenvalue weighted by atomic mass is 10.2. The van der Waals surface area contributed by atoms with Gasteiger partial charge in [0.25, 0.3) is 0 Å². The fraction of sp³-hybridized carbons (Fsp3) is 0. The van der Waals surface area contributed by atoms with Gasteiger partial charge in [-0.25, -0.2) is 4.39 Å². The molecule has 0 aliphatic carbocycles. The first-order chi connectivity index (χ1) is 5.70. The van der Waals surface area contributed by atoms with Crippen LogP contribution >= 0.6 is 22.9 Å². The Balaban J connectivity index is 2.97. The topological polar surface area (TPSA) is 0 Å². The van der Waals surface area contributed by atoms with Gasteiger partial charge in [0, 0.05) is 4.70 Å². The molecule has 62 valence electrons. The third kappa shape index (κ3) is 1.01. The fourth-order valence-corrected chi connectivity index (χ4v) is 2.24. The number of rotatable bonds is 0. The highest BCUT2D eigenvalue weighted by atomic mass is 35.5. The maximum absolute atomic E-state index is 13.0. The van der Waals surface area contributed by atoms with Gasteiger partial charge in [0.15, 0.2) is 5.13 Å². The summed E-state index contributed by atoms with van der Waals surface area (Å²) in [5.41, 5.74) is 0. The molecule has 2 rings (SSSR count). The van der Waals surface area contributed by atoms with Gasteiger partial charge in [-0.3, -0.25) is 0 Å². The summed E-state index contributed by atoms with van der Waals surface area (Å²) in [5.74, 6) is -0.474. The van der Waals surface area contributed by atoms with Crippen LogP contribution in [0.3, 0.4) is 0 Å². The molecule has 0 N–H and O–H groups in total. The molecule has 0 spiro atoms. The predicted molar refractivity (Wildman–Crippen MR) is 46.8 cm³/mol. The summed E-state index contributed by atoms with van der Waals surface area (Å²) >= 11 is 6.40. The van der Waals surface area contributed by atoms with E-state index in [-0.39, 0.29) is 10.4 Å². The average molecular weight is 205 g/mol. The van der Waals surface area contributed by atoms with Crippen LogP contribution in [-0.2, 0) is 0 Å². The van der Waals surface area contributed by atoms with Gasteiger partial charge in [-0.05, 0) is 12.1 Å². The van der Waals surface area contributed by atoms with Crippen molar-refractivity contribution in [2.75, 3.05) is 0 Å². The van der Waals surface area contributed by atoms with Crippen LogP contribution in [0.15, 0.2) is 18.2 Å². The van der Waals surface area contributed by atoms with Gasteiger partial charge < -0.3 is 0 Å².